The Morgan fingerprint density at radius 3 is 2.15 bits per heavy atom. The number of benzene rings is 1. The van der Waals surface area contributed by atoms with Gasteiger partial charge in [-0.2, -0.15) is 0 Å². The van der Waals surface area contributed by atoms with E-state index in [1.807, 2.05) is 0 Å². The molecule has 0 aliphatic carbocycles. The third kappa shape index (κ3) is 4.27. The van der Waals surface area contributed by atoms with Gasteiger partial charge in [0.05, 0.1) is 5.75 Å². The Hall–Kier alpha value is -1.49. The van der Waals surface area contributed by atoms with Crippen LogP contribution in [0.3, 0.4) is 0 Å². The Morgan fingerprint density at radius 1 is 1.10 bits per heavy atom. The van der Waals surface area contributed by atoms with Crippen molar-refractivity contribution >= 4 is 23.7 Å². The number of rotatable bonds is 4. The van der Waals surface area contributed by atoms with Crippen LogP contribution in [0, 0.1) is 27.7 Å². The molecular formula is C15H22N2O2S. The quantitative estimate of drug-likeness (QED) is 0.840. The number of thioether (sulfide) groups is 1. The fourth-order valence-electron chi connectivity index (χ4n) is 1.90. The Labute approximate surface area is 124 Å². The molecule has 5 heteroatoms. The number of hydrogen-bond donors (Lipinski definition) is 2. The third-order valence-corrected chi connectivity index (χ3v) is 4.54. The first-order valence-corrected chi connectivity index (χ1v) is 7.63. The molecule has 3 amide bonds. The standard InChI is InChI=1S/C15H22N2O2S/c1-6-16-15(19)17-13(18)8-20-14-11(4)9(2)7-10(3)12(14)5/h7H,6,8H2,1-5H3,(H2,16,17,18,19). The predicted octanol–water partition coefficient (Wildman–Crippen LogP) is 2.86. The normalized spacial score (nSPS) is 10.2. The van der Waals surface area contributed by atoms with Crippen molar-refractivity contribution in [2.75, 3.05) is 12.3 Å². The number of carbonyl (C=O) groups excluding carboxylic acids is 2. The van der Waals surface area contributed by atoms with Crippen LogP contribution in [-0.2, 0) is 4.79 Å². The summed E-state index contributed by atoms with van der Waals surface area (Å²) >= 11 is 1.48. The molecule has 0 unspecified atom stereocenters. The van der Waals surface area contributed by atoms with E-state index < -0.39 is 6.03 Å². The van der Waals surface area contributed by atoms with Gasteiger partial charge in [0.2, 0.25) is 5.91 Å². The Kier molecular flexibility index (Phi) is 6.07. The van der Waals surface area contributed by atoms with Gasteiger partial charge in [-0.25, -0.2) is 4.79 Å². The fourth-order valence-corrected chi connectivity index (χ4v) is 3.00. The minimum atomic E-state index is -0.438. The second kappa shape index (κ2) is 7.33. The molecule has 0 saturated carbocycles. The van der Waals surface area contributed by atoms with Gasteiger partial charge in [-0.15, -0.1) is 11.8 Å². The summed E-state index contributed by atoms with van der Waals surface area (Å²) in [6.07, 6.45) is 0. The van der Waals surface area contributed by atoms with E-state index in [0.29, 0.717) is 6.54 Å². The fraction of sp³-hybridized carbons (Fsp3) is 0.467. The second-order valence-corrected chi connectivity index (χ2v) is 5.77. The summed E-state index contributed by atoms with van der Waals surface area (Å²) in [5, 5.41) is 4.84. The molecule has 0 aliphatic rings. The average molecular weight is 294 g/mol. The number of amides is 3. The largest absolute Gasteiger partial charge is 0.338 e. The zero-order valence-electron chi connectivity index (χ0n) is 12.7. The van der Waals surface area contributed by atoms with E-state index in [2.05, 4.69) is 44.4 Å². The van der Waals surface area contributed by atoms with E-state index >= 15 is 0 Å². The molecule has 110 valence electrons. The van der Waals surface area contributed by atoms with Gasteiger partial charge >= 0.3 is 6.03 Å². The Morgan fingerprint density at radius 2 is 1.65 bits per heavy atom. The molecule has 0 aliphatic heterocycles. The Bertz CT molecular complexity index is 501. The molecule has 1 rings (SSSR count). The molecule has 0 fully saturated rings. The maximum absolute atomic E-state index is 11.7. The van der Waals surface area contributed by atoms with Gasteiger partial charge in [0.1, 0.15) is 0 Å². The van der Waals surface area contributed by atoms with Gasteiger partial charge in [-0.1, -0.05) is 6.07 Å². The molecule has 20 heavy (non-hydrogen) atoms. The SMILES string of the molecule is CCNC(=O)NC(=O)CSc1c(C)c(C)cc(C)c1C. The lowest BCUT2D eigenvalue weighted by molar-refractivity contribution is -0.117. The van der Waals surface area contributed by atoms with E-state index in [4.69, 9.17) is 0 Å². The van der Waals surface area contributed by atoms with Gasteiger partial charge in [-0.3, -0.25) is 10.1 Å². The first-order chi connectivity index (χ1) is 9.36. The number of nitrogens with one attached hydrogen (secondary N) is 2. The van der Waals surface area contributed by atoms with Crippen molar-refractivity contribution in [3.63, 3.8) is 0 Å². The number of hydrogen-bond acceptors (Lipinski definition) is 3. The molecule has 4 nitrogen and oxygen atoms in total. The minimum Gasteiger partial charge on any atom is -0.338 e. The van der Waals surface area contributed by atoms with E-state index in [0.717, 1.165) is 4.90 Å². The van der Waals surface area contributed by atoms with Crippen LogP contribution in [0.1, 0.15) is 29.2 Å². The zero-order chi connectivity index (χ0) is 15.3. The number of aryl methyl sites for hydroxylation is 2. The van der Waals surface area contributed by atoms with Crippen LogP contribution in [0.25, 0.3) is 0 Å². The van der Waals surface area contributed by atoms with Crippen molar-refractivity contribution in [3.8, 4) is 0 Å². The van der Waals surface area contributed by atoms with Crippen LogP contribution < -0.4 is 10.6 Å². The molecule has 0 aromatic heterocycles. The van der Waals surface area contributed by atoms with Crippen LogP contribution in [-0.4, -0.2) is 24.2 Å². The maximum Gasteiger partial charge on any atom is 0.321 e. The molecular weight excluding hydrogens is 272 g/mol. The van der Waals surface area contributed by atoms with Crippen molar-refractivity contribution in [2.45, 2.75) is 39.5 Å². The monoisotopic (exact) mass is 294 g/mol. The highest BCUT2D eigenvalue weighted by Gasteiger charge is 2.12. The van der Waals surface area contributed by atoms with E-state index in [1.165, 1.54) is 34.0 Å². The summed E-state index contributed by atoms with van der Waals surface area (Å²) in [4.78, 5) is 24.1. The molecule has 0 spiro atoms. The lowest BCUT2D eigenvalue weighted by Gasteiger charge is -2.14. The average Bonchev–Trinajstić information content (AvgIpc) is 2.36. The van der Waals surface area contributed by atoms with Gasteiger partial charge in [0.15, 0.2) is 0 Å². The maximum atomic E-state index is 11.7. The van der Waals surface area contributed by atoms with Gasteiger partial charge in [-0.05, 0) is 56.9 Å². The van der Waals surface area contributed by atoms with Gasteiger partial charge in [0.25, 0.3) is 0 Å². The molecule has 0 saturated heterocycles. The highest BCUT2D eigenvalue weighted by molar-refractivity contribution is 8.00. The summed E-state index contributed by atoms with van der Waals surface area (Å²) in [7, 11) is 0. The van der Waals surface area contributed by atoms with Crippen LogP contribution >= 0.6 is 11.8 Å². The highest BCUT2D eigenvalue weighted by atomic mass is 32.2. The van der Waals surface area contributed by atoms with Crippen molar-refractivity contribution in [1.82, 2.24) is 10.6 Å². The van der Waals surface area contributed by atoms with Crippen molar-refractivity contribution < 1.29 is 9.59 Å². The summed E-state index contributed by atoms with van der Waals surface area (Å²) < 4.78 is 0. The van der Waals surface area contributed by atoms with Crippen LogP contribution in [0.5, 0.6) is 0 Å². The molecule has 1 aromatic carbocycles. The van der Waals surface area contributed by atoms with Crippen LogP contribution in [0.15, 0.2) is 11.0 Å². The molecule has 2 N–H and O–H groups in total. The van der Waals surface area contributed by atoms with Gasteiger partial charge in [0, 0.05) is 11.4 Å². The van der Waals surface area contributed by atoms with E-state index in [9.17, 15) is 9.59 Å². The second-order valence-electron chi connectivity index (χ2n) is 4.79. The predicted molar refractivity (Wildman–Crippen MR) is 83.3 cm³/mol. The Balaban J connectivity index is 2.71. The summed E-state index contributed by atoms with van der Waals surface area (Å²) in [6.45, 7) is 10.6. The first kappa shape index (κ1) is 16.6. The lowest BCUT2D eigenvalue weighted by atomic mass is 10.0. The molecule has 0 bridgehead atoms. The summed E-state index contributed by atoms with van der Waals surface area (Å²) in [6, 6.07) is 1.72. The zero-order valence-corrected chi connectivity index (χ0v) is 13.5. The topological polar surface area (TPSA) is 58.2 Å². The lowest BCUT2D eigenvalue weighted by Crippen LogP contribution is -2.40. The molecule has 1 aromatic rings. The minimum absolute atomic E-state index is 0.238. The number of imide groups is 1. The number of carbonyl (C=O) groups is 2. The van der Waals surface area contributed by atoms with Crippen molar-refractivity contribution in [1.29, 1.82) is 0 Å². The van der Waals surface area contributed by atoms with Crippen LogP contribution in [0.4, 0.5) is 4.79 Å². The third-order valence-electron chi connectivity index (χ3n) is 3.24. The highest BCUT2D eigenvalue weighted by Crippen LogP contribution is 2.30. The van der Waals surface area contributed by atoms with E-state index in [-0.39, 0.29) is 11.7 Å². The summed E-state index contributed by atoms with van der Waals surface area (Å²) in [5.41, 5.74) is 4.84. The number of urea groups is 1. The van der Waals surface area contributed by atoms with Crippen molar-refractivity contribution in [2.24, 2.45) is 0 Å². The smallest absolute Gasteiger partial charge is 0.321 e. The molecule has 0 radical (unpaired) electrons. The molecule has 0 heterocycles. The van der Waals surface area contributed by atoms with E-state index in [1.54, 1.807) is 6.92 Å². The van der Waals surface area contributed by atoms with Crippen LogP contribution in [0.2, 0.25) is 0 Å². The molecule has 0 atom stereocenters. The van der Waals surface area contributed by atoms with Crippen molar-refractivity contribution in [3.05, 3.63) is 28.3 Å². The van der Waals surface area contributed by atoms with Gasteiger partial charge < -0.3 is 5.32 Å². The summed E-state index contributed by atoms with van der Waals surface area (Å²) in [5.74, 6) is -0.0410. The first-order valence-electron chi connectivity index (χ1n) is 6.64.